The van der Waals surface area contributed by atoms with Gasteiger partial charge in [-0.2, -0.15) is 17.4 Å². The van der Waals surface area contributed by atoms with Crippen LogP contribution in [0.2, 0.25) is 0 Å². The summed E-state index contributed by atoms with van der Waals surface area (Å²) in [6, 6.07) is -0.0248. The molecule has 1 rings (SSSR count). The van der Waals surface area contributed by atoms with Crippen molar-refractivity contribution >= 4 is 10.2 Å². The fourth-order valence-corrected chi connectivity index (χ4v) is 3.14. The predicted octanol–water partition coefficient (Wildman–Crippen LogP) is 1.11. The molecular weight excluding hydrogens is 200 g/mol. The summed E-state index contributed by atoms with van der Waals surface area (Å²) in [4.78, 5) is 0. The number of nitrogens with one attached hydrogen (secondary N) is 1. The molecule has 0 saturated carbocycles. The van der Waals surface area contributed by atoms with Gasteiger partial charge in [0, 0.05) is 19.1 Å². The first kappa shape index (κ1) is 11.9. The van der Waals surface area contributed by atoms with Crippen LogP contribution in [0.3, 0.4) is 0 Å². The van der Waals surface area contributed by atoms with Gasteiger partial charge in [0.05, 0.1) is 0 Å². The molecule has 0 radical (unpaired) electrons. The molecule has 1 aliphatic heterocycles. The highest BCUT2D eigenvalue weighted by molar-refractivity contribution is 7.87. The quantitative estimate of drug-likeness (QED) is 0.774. The van der Waals surface area contributed by atoms with Crippen molar-refractivity contribution in [2.24, 2.45) is 0 Å². The van der Waals surface area contributed by atoms with E-state index >= 15 is 0 Å². The molecule has 5 heteroatoms. The second-order valence-electron chi connectivity index (χ2n) is 4.09. The van der Waals surface area contributed by atoms with E-state index in [1.165, 1.54) is 0 Å². The predicted molar refractivity (Wildman–Crippen MR) is 57.2 cm³/mol. The smallest absolute Gasteiger partial charge is 0.200 e. The van der Waals surface area contributed by atoms with E-state index in [4.69, 9.17) is 0 Å². The summed E-state index contributed by atoms with van der Waals surface area (Å²) in [5.74, 6) is 0. The van der Waals surface area contributed by atoms with Crippen LogP contribution in [0.5, 0.6) is 0 Å². The zero-order valence-corrected chi connectivity index (χ0v) is 9.81. The van der Waals surface area contributed by atoms with Gasteiger partial charge in [0.25, 0.3) is 10.2 Å². The Morgan fingerprint density at radius 2 is 1.57 bits per heavy atom. The van der Waals surface area contributed by atoms with Crippen LogP contribution in [0.4, 0.5) is 0 Å². The molecule has 1 heterocycles. The van der Waals surface area contributed by atoms with Gasteiger partial charge in [-0.3, -0.25) is 0 Å². The van der Waals surface area contributed by atoms with E-state index in [9.17, 15) is 8.42 Å². The molecule has 1 saturated heterocycles. The summed E-state index contributed by atoms with van der Waals surface area (Å²) in [5, 5.41) is 0. The maximum absolute atomic E-state index is 11.8. The molecule has 0 atom stereocenters. The summed E-state index contributed by atoms with van der Waals surface area (Å²) in [5.41, 5.74) is 0. The third-order valence-corrected chi connectivity index (χ3v) is 4.10. The molecule has 0 bridgehead atoms. The topological polar surface area (TPSA) is 49.4 Å². The molecule has 0 amide bonds. The molecule has 14 heavy (non-hydrogen) atoms. The van der Waals surface area contributed by atoms with Crippen molar-refractivity contribution in [3.63, 3.8) is 0 Å². The van der Waals surface area contributed by atoms with Crippen LogP contribution in [0.15, 0.2) is 0 Å². The second kappa shape index (κ2) is 5.09. The minimum absolute atomic E-state index is 0.0248. The van der Waals surface area contributed by atoms with E-state index in [1.807, 2.05) is 13.8 Å². The van der Waals surface area contributed by atoms with E-state index < -0.39 is 10.2 Å². The molecule has 0 aromatic carbocycles. The minimum Gasteiger partial charge on any atom is -0.200 e. The van der Waals surface area contributed by atoms with Crippen LogP contribution in [-0.4, -0.2) is 31.9 Å². The molecule has 1 aliphatic rings. The van der Waals surface area contributed by atoms with Crippen LogP contribution in [0.1, 0.15) is 39.5 Å². The Labute approximate surface area is 86.9 Å². The third-order valence-electron chi connectivity index (χ3n) is 2.29. The fourth-order valence-electron chi connectivity index (χ4n) is 1.65. The Morgan fingerprint density at radius 3 is 2.00 bits per heavy atom. The van der Waals surface area contributed by atoms with Crippen molar-refractivity contribution in [1.29, 1.82) is 0 Å². The zero-order valence-electron chi connectivity index (χ0n) is 8.99. The maximum atomic E-state index is 11.8. The monoisotopic (exact) mass is 220 g/mol. The molecule has 0 aliphatic carbocycles. The SMILES string of the molecule is CC(C)NS(=O)(=O)N1CCCCCC1. The van der Waals surface area contributed by atoms with Crippen LogP contribution < -0.4 is 4.72 Å². The lowest BCUT2D eigenvalue weighted by Gasteiger charge is -2.21. The number of rotatable bonds is 3. The van der Waals surface area contributed by atoms with Gasteiger partial charge in [-0.15, -0.1) is 0 Å². The van der Waals surface area contributed by atoms with Gasteiger partial charge in [0.1, 0.15) is 0 Å². The molecule has 0 aromatic rings. The first-order chi connectivity index (χ1) is 6.52. The van der Waals surface area contributed by atoms with Crippen LogP contribution >= 0.6 is 0 Å². The fraction of sp³-hybridized carbons (Fsp3) is 1.00. The largest absolute Gasteiger partial charge is 0.279 e. The van der Waals surface area contributed by atoms with Crippen molar-refractivity contribution in [2.45, 2.75) is 45.6 Å². The lowest BCUT2D eigenvalue weighted by molar-refractivity contribution is 0.411. The van der Waals surface area contributed by atoms with E-state index in [0.29, 0.717) is 13.1 Å². The van der Waals surface area contributed by atoms with Crippen LogP contribution in [0.25, 0.3) is 0 Å². The van der Waals surface area contributed by atoms with E-state index in [2.05, 4.69) is 4.72 Å². The van der Waals surface area contributed by atoms with E-state index in [1.54, 1.807) is 4.31 Å². The minimum atomic E-state index is -3.22. The molecule has 1 fully saturated rings. The van der Waals surface area contributed by atoms with E-state index in [-0.39, 0.29) is 6.04 Å². The van der Waals surface area contributed by atoms with Gasteiger partial charge < -0.3 is 0 Å². The molecule has 84 valence electrons. The van der Waals surface area contributed by atoms with Gasteiger partial charge in [-0.1, -0.05) is 12.8 Å². The van der Waals surface area contributed by atoms with Gasteiger partial charge in [0.2, 0.25) is 0 Å². The van der Waals surface area contributed by atoms with E-state index in [0.717, 1.165) is 25.7 Å². The average Bonchev–Trinajstić information content (AvgIpc) is 2.28. The third kappa shape index (κ3) is 3.55. The molecule has 4 nitrogen and oxygen atoms in total. The van der Waals surface area contributed by atoms with Gasteiger partial charge in [-0.25, -0.2) is 0 Å². The van der Waals surface area contributed by atoms with Crippen molar-refractivity contribution in [3.8, 4) is 0 Å². The first-order valence-electron chi connectivity index (χ1n) is 5.30. The summed E-state index contributed by atoms with van der Waals surface area (Å²) in [6.45, 7) is 5.02. The standard InChI is InChI=1S/C9H20N2O2S/c1-9(2)10-14(12,13)11-7-5-3-4-6-8-11/h9-10H,3-8H2,1-2H3. The summed E-state index contributed by atoms with van der Waals surface area (Å²) < 4.78 is 27.7. The summed E-state index contributed by atoms with van der Waals surface area (Å²) in [6.07, 6.45) is 4.26. The molecular formula is C9H20N2O2S. The van der Waals surface area contributed by atoms with Crippen molar-refractivity contribution in [1.82, 2.24) is 9.03 Å². The molecule has 0 aromatic heterocycles. The highest BCUT2D eigenvalue weighted by Gasteiger charge is 2.22. The zero-order chi connectivity index (χ0) is 10.6. The Bertz CT molecular complexity index is 254. The van der Waals surface area contributed by atoms with Gasteiger partial charge >= 0.3 is 0 Å². The summed E-state index contributed by atoms with van der Waals surface area (Å²) >= 11 is 0. The molecule has 0 spiro atoms. The Kier molecular flexibility index (Phi) is 4.34. The Morgan fingerprint density at radius 1 is 1.07 bits per heavy atom. The van der Waals surface area contributed by atoms with Crippen LogP contribution in [-0.2, 0) is 10.2 Å². The Balaban J connectivity index is 2.60. The van der Waals surface area contributed by atoms with Crippen molar-refractivity contribution in [3.05, 3.63) is 0 Å². The highest BCUT2D eigenvalue weighted by Crippen LogP contribution is 2.12. The average molecular weight is 220 g/mol. The maximum Gasteiger partial charge on any atom is 0.279 e. The lowest BCUT2D eigenvalue weighted by atomic mass is 10.2. The normalized spacial score (nSPS) is 21.1. The molecule has 1 N–H and O–H groups in total. The van der Waals surface area contributed by atoms with Crippen LogP contribution in [0, 0.1) is 0 Å². The first-order valence-corrected chi connectivity index (χ1v) is 6.74. The van der Waals surface area contributed by atoms with Gasteiger partial charge in [-0.05, 0) is 26.7 Å². The van der Waals surface area contributed by atoms with Gasteiger partial charge in [0.15, 0.2) is 0 Å². The highest BCUT2D eigenvalue weighted by atomic mass is 32.2. The lowest BCUT2D eigenvalue weighted by Crippen LogP contribution is -2.43. The molecule has 0 unspecified atom stereocenters. The number of hydrogen-bond donors (Lipinski definition) is 1. The van der Waals surface area contributed by atoms with Crippen molar-refractivity contribution < 1.29 is 8.42 Å². The summed E-state index contributed by atoms with van der Waals surface area (Å²) in [7, 11) is -3.22. The number of nitrogens with zero attached hydrogens (tertiary/aromatic N) is 1. The number of hydrogen-bond acceptors (Lipinski definition) is 2. The Hall–Kier alpha value is -0.130. The second-order valence-corrected chi connectivity index (χ2v) is 5.79. The van der Waals surface area contributed by atoms with Crippen molar-refractivity contribution in [2.75, 3.05) is 13.1 Å².